The Bertz CT molecular complexity index is 479. The molecule has 0 aliphatic rings. The molecule has 0 aliphatic carbocycles. The SMILES string of the molecule is N=C(N)c1ccc(Sc2ccccn2)cc1. The number of pyridine rings is 1. The second kappa shape index (κ2) is 4.81. The highest BCUT2D eigenvalue weighted by molar-refractivity contribution is 7.99. The number of nitrogens with two attached hydrogens (primary N) is 1. The molecule has 0 spiro atoms. The molecule has 1 aromatic carbocycles. The molecule has 1 heterocycles. The fourth-order valence-electron chi connectivity index (χ4n) is 1.23. The number of nitrogen functional groups attached to an aromatic ring is 1. The van der Waals surface area contributed by atoms with Crippen molar-refractivity contribution >= 4 is 17.6 Å². The summed E-state index contributed by atoms with van der Waals surface area (Å²) in [5.74, 6) is 0.0920. The zero-order chi connectivity index (χ0) is 11.4. The summed E-state index contributed by atoms with van der Waals surface area (Å²) >= 11 is 1.59. The molecule has 16 heavy (non-hydrogen) atoms. The molecule has 0 unspecified atom stereocenters. The number of rotatable bonds is 3. The molecule has 0 saturated heterocycles. The van der Waals surface area contributed by atoms with Crippen molar-refractivity contribution < 1.29 is 0 Å². The lowest BCUT2D eigenvalue weighted by molar-refractivity contribution is 1.13. The van der Waals surface area contributed by atoms with Gasteiger partial charge in [0.2, 0.25) is 0 Å². The number of hydrogen-bond donors (Lipinski definition) is 2. The van der Waals surface area contributed by atoms with Crippen LogP contribution in [0.1, 0.15) is 5.56 Å². The van der Waals surface area contributed by atoms with E-state index in [1.807, 2.05) is 42.5 Å². The largest absolute Gasteiger partial charge is 0.384 e. The minimum atomic E-state index is 0.0920. The summed E-state index contributed by atoms with van der Waals surface area (Å²) in [6, 6.07) is 13.4. The van der Waals surface area contributed by atoms with Crippen molar-refractivity contribution in [3.63, 3.8) is 0 Å². The first kappa shape index (κ1) is 10.7. The van der Waals surface area contributed by atoms with Gasteiger partial charge < -0.3 is 5.73 Å². The van der Waals surface area contributed by atoms with Gasteiger partial charge in [-0.2, -0.15) is 0 Å². The Labute approximate surface area is 98.2 Å². The molecule has 3 N–H and O–H groups in total. The van der Waals surface area contributed by atoms with Gasteiger partial charge in [0.05, 0.1) is 0 Å². The second-order valence-electron chi connectivity index (χ2n) is 3.21. The molecule has 1 aromatic heterocycles. The Morgan fingerprint density at radius 2 is 1.88 bits per heavy atom. The number of hydrogen-bond acceptors (Lipinski definition) is 3. The Hall–Kier alpha value is -1.81. The van der Waals surface area contributed by atoms with E-state index in [9.17, 15) is 0 Å². The lowest BCUT2D eigenvalue weighted by atomic mass is 10.2. The summed E-state index contributed by atoms with van der Waals surface area (Å²) in [5.41, 5.74) is 6.12. The van der Waals surface area contributed by atoms with Gasteiger partial charge in [-0.3, -0.25) is 5.41 Å². The Morgan fingerprint density at radius 3 is 2.44 bits per heavy atom. The van der Waals surface area contributed by atoms with E-state index in [4.69, 9.17) is 11.1 Å². The van der Waals surface area contributed by atoms with Gasteiger partial charge in [0.1, 0.15) is 10.9 Å². The quantitative estimate of drug-likeness (QED) is 0.628. The van der Waals surface area contributed by atoms with Gasteiger partial charge in [-0.05, 0) is 24.3 Å². The number of nitrogens with one attached hydrogen (secondary N) is 1. The summed E-state index contributed by atoms with van der Waals surface area (Å²) in [7, 11) is 0. The third-order valence-corrected chi connectivity index (χ3v) is 2.98. The van der Waals surface area contributed by atoms with Crippen molar-refractivity contribution in [2.45, 2.75) is 9.92 Å². The van der Waals surface area contributed by atoms with Crippen LogP contribution in [0.3, 0.4) is 0 Å². The third-order valence-electron chi connectivity index (χ3n) is 2.03. The maximum absolute atomic E-state index is 7.29. The molecule has 0 aliphatic heterocycles. The third kappa shape index (κ3) is 2.61. The molecular weight excluding hydrogens is 218 g/mol. The Morgan fingerprint density at radius 1 is 1.12 bits per heavy atom. The summed E-state index contributed by atoms with van der Waals surface area (Å²) in [6.45, 7) is 0. The lowest BCUT2D eigenvalue weighted by Gasteiger charge is -2.02. The van der Waals surface area contributed by atoms with Crippen LogP contribution in [0.5, 0.6) is 0 Å². The Kier molecular flexibility index (Phi) is 3.22. The van der Waals surface area contributed by atoms with Crippen LogP contribution in [0.15, 0.2) is 58.6 Å². The van der Waals surface area contributed by atoms with Crippen LogP contribution in [0.2, 0.25) is 0 Å². The van der Waals surface area contributed by atoms with Crippen molar-refractivity contribution in [3.8, 4) is 0 Å². The standard InChI is InChI=1S/C12H11N3S/c13-12(14)9-4-6-10(7-5-9)16-11-3-1-2-8-15-11/h1-8H,(H3,13,14). The smallest absolute Gasteiger partial charge is 0.122 e. The summed E-state index contributed by atoms with van der Waals surface area (Å²) < 4.78 is 0. The van der Waals surface area contributed by atoms with Crippen LogP contribution in [-0.4, -0.2) is 10.8 Å². The molecule has 2 aromatic rings. The average Bonchev–Trinajstić information content (AvgIpc) is 2.31. The molecule has 0 fully saturated rings. The van der Waals surface area contributed by atoms with E-state index in [2.05, 4.69) is 4.98 Å². The van der Waals surface area contributed by atoms with Crippen LogP contribution in [0.4, 0.5) is 0 Å². The molecule has 0 radical (unpaired) electrons. The zero-order valence-corrected chi connectivity index (χ0v) is 9.37. The molecular formula is C12H11N3S. The average molecular weight is 229 g/mol. The molecule has 0 amide bonds. The predicted octanol–water partition coefficient (Wildman–Crippen LogP) is 2.52. The second-order valence-corrected chi connectivity index (χ2v) is 4.30. The van der Waals surface area contributed by atoms with Crippen LogP contribution >= 0.6 is 11.8 Å². The fourth-order valence-corrected chi connectivity index (χ4v) is 2.00. The van der Waals surface area contributed by atoms with Gasteiger partial charge in [-0.25, -0.2) is 4.98 Å². The van der Waals surface area contributed by atoms with Crippen LogP contribution in [0.25, 0.3) is 0 Å². The maximum atomic E-state index is 7.29. The van der Waals surface area contributed by atoms with Crippen LogP contribution < -0.4 is 5.73 Å². The predicted molar refractivity (Wildman–Crippen MR) is 65.8 cm³/mol. The molecule has 0 bridgehead atoms. The van der Waals surface area contributed by atoms with Crippen LogP contribution in [0, 0.1) is 5.41 Å². The monoisotopic (exact) mass is 229 g/mol. The van der Waals surface area contributed by atoms with E-state index in [-0.39, 0.29) is 5.84 Å². The molecule has 0 atom stereocenters. The summed E-state index contributed by atoms with van der Waals surface area (Å²) in [4.78, 5) is 5.31. The van der Waals surface area contributed by atoms with Crippen molar-refractivity contribution in [2.24, 2.45) is 5.73 Å². The number of aromatic nitrogens is 1. The summed E-state index contributed by atoms with van der Waals surface area (Å²) in [5, 5.41) is 8.24. The Balaban J connectivity index is 2.14. The number of benzene rings is 1. The van der Waals surface area contributed by atoms with Gasteiger partial charge in [0.15, 0.2) is 0 Å². The topological polar surface area (TPSA) is 62.8 Å². The normalized spacial score (nSPS) is 10.0. The van der Waals surface area contributed by atoms with Crippen molar-refractivity contribution in [2.75, 3.05) is 0 Å². The highest BCUT2D eigenvalue weighted by Crippen LogP contribution is 2.25. The maximum Gasteiger partial charge on any atom is 0.122 e. The zero-order valence-electron chi connectivity index (χ0n) is 8.55. The van der Waals surface area contributed by atoms with Gasteiger partial charge >= 0.3 is 0 Å². The van der Waals surface area contributed by atoms with Gasteiger partial charge in [-0.15, -0.1) is 0 Å². The van der Waals surface area contributed by atoms with Gasteiger partial charge in [-0.1, -0.05) is 30.0 Å². The first-order chi connectivity index (χ1) is 7.75. The van der Waals surface area contributed by atoms with E-state index >= 15 is 0 Å². The van der Waals surface area contributed by atoms with Gasteiger partial charge in [0.25, 0.3) is 0 Å². The molecule has 2 rings (SSSR count). The highest BCUT2D eigenvalue weighted by atomic mass is 32.2. The van der Waals surface area contributed by atoms with E-state index in [0.717, 1.165) is 15.5 Å². The minimum absolute atomic E-state index is 0.0920. The van der Waals surface area contributed by atoms with E-state index < -0.39 is 0 Å². The van der Waals surface area contributed by atoms with E-state index in [1.165, 1.54) is 0 Å². The van der Waals surface area contributed by atoms with Crippen molar-refractivity contribution in [1.29, 1.82) is 5.41 Å². The molecule has 80 valence electrons. The first-order valence-corrected chi connectivity index (χ1v) is 5.61. The summed E-state index contributed by atoms with van der Waals surface area (Å²) in [6.07, 6.45) is 1.77. The minimum Gasteiger partial charge on any atom is -0.384 e. The van der Waals surface area contributed by atoms with Crippen molar-refractivity contribution in [3.05, 3.63) is 54.2 Å². The van der Waals surface area contributed by atoms with E-state index in [1.54, 1.807) is 18.0 Å². The number of nitrogens with zero attached hydrogens (tertiary/aromatic N) is 1. The lowest BCUT2D eigenvalue weighted by Crippen LogP contribution is -2.10. The number of amidine groups is 1. The molecule has 0 saturated carbocycles. The van der Waals surface area contributed by atoms with E-state index in [0.29, 0.717) is 0 Å². The molecule has 4 heteroatoms. The van der Waals surface area contributed by atoms with Gasteiger partial charge in [0, 0.05) is 16.7 Å². The van der Waals surface area contributed by atoms with Crippen molar-refractivity contribution in [1.82, 2.24) is 4.98 Å². The highest BCUT2D eigenvalue weighted by Gasteiger charge is 1.99. The van der Waals surface area contributed by atoms with Crippen LogP contribution in [-0.2, 0) is 0 Å². The first-order valence-electron chi connectivity index (χ1n) is 4.79. The molecule has 3 nitrogen and oxygen atoms in total. The fraction of sp³-hybridized carbons (Fsp3) is 0.